The van der Waals surface area contributed by atoms with Gasteiger partial charge in [-0.25, -0.2) is 9.67 Å². The van der Waals surface area contributed by atoms with E-state index in [9.17, 15) is 4.79 Å². The van der Waals surface area contributed by atoms with Crippen LogP contribution in [0.15, 0.2) is 24.3 Å². The maximum Gasteiger partial charge on any atom is 0.305 e. The number of carbonyl (C=O) groups is 1. The summed E-state index contributed by atoms with van der Waals surface area (Å²) >= 11 is 0. The van der Waals surface area contributed by atoms with E-state index >= 15 is 0 Å². The molecule has 136 valence electrons. The van der Waals surface area contributed by atoms with Gasteiger partial charge in [0.1, 0.15) is 17.2 Å². The summed E-state index contributed by atoms with van der Waals surface area (Å²) in [6.07, 6.45) is -0.0232. The highest BCUT2D eigenvalue weighted by atomic mass is 16.5. The zero-order valence-electron chi connectivity index (χ0n) is 15.2. The number of aromatic nitrogens is 3. The number of aliphatic carboxylic acids is 1. The van der Waals surface area contributed by atoms with Crippen LogP contribution < -0.4 is 9.47 Å². The van der Waals surface area contributed by atoms with E-state index in [1.165, 1.54) is 0 Å². The van der Waals surface area contributed by atoms with Gasteiger partial charge < -0.3 is 14.6 Å². The first-order valence-electron chi connectivity index (χ1n) is 8.23. The predicted molar refractivity (Wildman–Crippen MR) is 97.8 cm³/mol. The monoisotopic (exact) mass is 355 g/mol. The maximum atomic E-state index is 11.0. The minimum absolute atomic E-state index is 0.0232. The second-order valence-corrected chi connectivity index (χ2v) is 6.06. The van der Waals surface area contributed by atoms with E-state index in [0.29, 0.717) is 17.1 Å². The Kier molecular flexibility index (Phi) is 4.79. The smallest absolute Gasteiger partial charge is 0.305 e. The van der Waals surface area contributed by atoms with Crippen LogP contribution in [-0.4, -0.2) is 40.1 Å². The van der Waals surface area contributed by atoms with Gasteiger partial charge in [-0.15, -0.1) is 0 Å². The third-order valence-corrected chi connectivity index (χ3v) is 4.23. The van der Waals surface area contributed by atoms with Crippen LogP contribution in [0.25, 0.3) is 22.3 Å². The number of ether oxygens (including phenoxy) is 2. The van der Waals surface area contributed by atoms with E-state index in [1.807, 2.05) is 32.0 Å². The normalized spacial score (nSPS) is 10.9. The number of benzene rings is 1. The zero-order valence-corrected chi connectivity index (χ0v) is 15.2. The molecule has 0 aliphatic rings. The number of aryl methyl sites for hydroxylation is 3. The Morgan fingerprint density at radius 2 is 1.96 bits per heavy atom. The SMILES string of the molecule is COc1ccc(-c2nn(CCC(=O)O)c3nc(C)cc(C)c23)c(OC)c1. The lowest BCUT2D eigenvalue weighted by molar-refractivity contribution is -0.137. The lowest BCUT2D eigenvalue weighted by Crippen LogP contribution is -2.07. The van der Waals surface area contributed by atoms with Crippen LogP contribution in [0.2, 0.25) is 0 Å². The molecular weight excluding hydrogens is 334 g/mol. The van der Waals surface area contributed by atoms with Crippen LogP contribution >= 0.6 is 0 Å². The Morgan fingerprint density at radius 1 is 1.19 bits per heavy atom. The van der Waals surface area contributed by atoms with Gasteiger partial charge in [0, 0.05) is 17.3 Å². The summed E-state index contributed by atoms with van der Waals surface area (Å²) in [6, 6.07) is 7.52. The number of hydrogen-bond acceptors (Lipinski definition) is 5. The Labute approximate surface area is 151 Å². The summed E-state index contributed by atoms with van der Waals surface area (Å²) in [5.74, 6) is 0.446. The van der Waals surface area contributed by atoms with E-state index in [-0.39, 0.29) is 13.0 Å². The van der Waals surface area contributed by atoms with Gasteiger partial charge in [0.05, 0.1) is 32.6 Å². The van der Waals surface area contributed by atoms with Gasteiger partial charge in [0.2, 0.25) is 0 Å². The average molecular weight is 355 g/mol. The van der Waals surface area contributed by atoms with E-state index in [2.05, 4.69) is 10.1 Å². The number of fused-ring (bicyclic) bond motifs is 1. The van der Waals surface area contributed by atoms with Gasteiger partial charge in [-0.3, -0.25) is 4.79 Å². The predicted octanol–water partition coefficient (Wildman–Crippen LogP) is 3.21. The van der Waals surface area contributed by atoms with Gasteiger partial charge in [0.15, 0.2) is 5.65 Å². The number of methoxy groups -OCH3 is 2. The van der Waals surface area contributed by atoms with Gasteiger partial charge in [0.25, 0.3) is 0 Å². The summed E-state index contributed by atoms with van der Waals surface area (Å²) in [7, 11) is 3.19. The zero-order chi connectivity index (χ0) is 18.8. The number of hydrogen-bond donors (Lipinski definition) is 1. The van der Waals surface area contributed by atoms with Crippen molar-refractivity contribution >= 4 is 17.0 Å². The van der Waals surface area contributed by atoms with Crippen molar-refractivity contribution in [3.05, 3.63) is 35.5 Å². The molecule has 3 aromatic rings. The fourth-order valence-electron chi connectivity index (χ4n) is 3.05. The van der Waals surface area contributed by atoms with Gasteiger partial charge in [-0.05, 0) is 37.6 Å². The van der Waals surface area contributed by atoms with Crippen molar-refractivity contribution in [3.63, 3.8) is 0 Å². The van der Waals surface area contributed by atoms with Crippen LogP contribution in [-0.2, 0) is 11.3 Å². The number of carboxylic acids is 1. The fraction of sp³-hybridized carbons (Fsp3) is 0.316. The quantitative estimate of drug-likeness (QED) is 0.731. The number of pyridine rings is 1. The summed E-state index contributed by atoms with van der Waals surface area (Å²) in [5.41, 5.74) is 4.09. The Balaban J connectivity index is 2.25. The standard InChI is InChI=1S/C19H21N3O4/c1-11-9-12(2)20-19-17(11)18(21-22(19)8-7-16(23)24)14-6-5-13(25-3)10-15(14)26-4/h5-6,9-10H,7-8H2,1-4H3,(H,23,24). The first-order valence-corrected chi connectivity index (χ1v) is 8.23. The summed E-state index contributed by atoms with van der Waals surface area (Å²) < 4.78 is 12.4. The van der Waals surface area contributed by atoms with Crippen LogP contribution in [0.1, 0.15) is 17.7 Å². The van der Waals surface area contributed by atoms with Crippen LogP contribution in [0.3, 0.4) is 0 Å². The molecule has 0 spiro atoms. The summed E-state index contributed by atoms with van der Waals surface area (Å²) in [4.78, 5) is 15.6. The van der Waals surface area contributed by atoms with Crippen molar-refractivity contribution in [1.29, 1.82) is 0 Å². The van der Waals surface area contributed by atoms with Gasteiger partial charge in [-0.2, -0.15) is 5.10 Å². The molecule has 0 bridgehead atoms. The molecule has 1 N–H and O–H groups in total. The molecular formula is C19H21N3O4. The Morgan fingerprint density at radius 3 is 2.62 bits per heavy atom. The molecule has 0 saturated heterocycles. The van der Waals surface area contributed by atoms with E-state index in [1.54, 1.807) is 25.0 Å². The molecule has 0 unspecified atom stereocenters. The minimum atomic E-state index is -0.874. The van der Waals surface area contributed by atoms with Crippen LogP contribution in [0, 0.1) is 13.8 Å². The van der Waals surface area contributed by atoms with Gasteiger partial charge >= 0.3 is 5.97 Å². The molecule has 0 radical (unpaired) electrons. The van der Waals surface area contributed by atoms with Crippen molar-refractivity contribution in [3.8, 4) is 22.8 Å². The molecule has 0 atom stereocenters. The number of carboxylic acid groups (broad SMARTS) is 1. The number of nitrogens with zero attached hydrogens (tertiary/aromatic N) is 3. The van der Waals surface area contributed by atoms with Crippen molar-refractivity contribution in [2.45, 2.75) is 26.8 Å². The molecule has 7 nitrogen and oxygen atoms in total. The second-order valence-electron chi connectivity index (χ2n) is 6.06. The molecule has 0 amide bonds. The third-order valence-electron chi connectivity index (χ3n) is 4.23. The molecule has 1 aromatic carbocycles. The molecule has 2 aromatic heterocycles. The van der Waals surface area contributed by atoms with Crippen molar-refractivity contribution < 1.29 is 19.4 Å². The highest BCUT2D eigenvalue weighted by Gasteiger charge is 2.20. The average Bonchev–Trinajstić information content (AvgIpc) is 2.97. The van der Waals surface area contributed by atoms with Crippen molar-refractivity contribution in [2.75, 3.05) is 14.2 Å². The van der Waals surface area contributed by atoms with Crippen molar-refractivity contribution in [1.82, 2.24) is 14.8 Å². The van der Waals surface area contributed by atoms with Crippen LogP contribution in [0.4, 0.5) is 0 Å². The molecule has 0 aliphatic heterocycles. The highest BCUT2D eigenvalue weighted by Crippen LogP contribution is 2.37. The maximum absolute atomic E-state index is 11.0. The Bertz CT molecular complexity index is 979. The Hall–Kier alpha value is -3.09. The molecule has 2 heterocycles. The third kappa shape index (κ3) is 3.20. The van der Waals surface area contributed by atoms with Gasteiger partial charge in [-0.1, -0.05) is 0 Å². The molecule has 0 saturated carbocycles. The second kappa shape index (κ2) is 7.03. The first kappa shape index (κ1) is 17.7. The van der Waals surface area contributed by atoms with E-state index in [4.69, 9.17) is 14.6 Å². The van der Waals surface area contributed by atoms with E-state index < -0.39 is 5.97 Å². The van der Waals surface area contributed by atoms with Crippen molar-refractivity contribution in [2.24, 2.45) is 0 Å². The molecule has 0 aliphatic carbocycles. The summed E-state index contributed by atoms with van der Waals surface area (Å²) in [6.45, 7) is 4.16. The summed E-state index contributed by atoms with van der Waals surface area (Å²) in [5, 5.41) is 14.6. The topological polar surface area (TPSA) is 86.5 Å². The number of rotatable bonds is 6. The molecule has 26 heavy (non-hydrogen) atoms. The fourth-order valence-corrected chi connectivity index (χ4v) is 3.05. The molecule has 7 heteroatoms. The first-order chi connectivity index (χ1) is 12.4. The lowest BCUT2D eigenvalue weighted by atomic mass is 10.0. The molecule has 3 rings (SSSR count). The van der Waals surface area contributed by atoms with E-state index in [0.717, 1.165) is 27.9 Å². The van der Waals surface area contributed by atoms with Crippen LogP contribution in [0.5, 0.6) is 11.5 Å². The minimum Gasteiger partial charge on any atom is -0.497 e. The largest absolute Gasteiger partial charge is 0.497 e. The molecule has 0 fully saturated rings. The highest BCUT2D eigenvalue weighted by molar-refractivity contribution is 5.95. The lowest BCUT2D eigenvalue weighted by Gasteiger charge is -2.09.